The fourth-order valence-corrected chi connectivity index (χ4v) is 7.11. The standard InChI is InChI=1S/C30H38N2O2/c1-29(2,3)24-6-4-5-21(18-24)22-7-8-25-23(17-22)9-12-30(13-14-30)27(25)32(28(33)34)26-19-31-15-10-20(26)11-16-31/h4-8,17-18,20,26-27H,9-16,19H2,1-3H3,(H,33,34)/t26-,27?/m1/s1. The van der Waals surface area contributed by atoms with Crippen LogP contribution in [0.4, 0.5) is 4.79 Å². The Bertz CT molecular complexity index is 1110. The maximum atomic E-state index is 12.8. The van der Waals surface area contributed by atoms with Crippen molar-refractivity contribution >= 4 is 6.09 Å². The van der Waals surface area contributed by atoms with E-state index in [1.54, 1.807) is 0 Å². The van der Waals surface area contributed by atoms with Crippen molar-refractivity contribution in [2.75, 3.05) is 19.6 Å². The molecule has 3 saturated heterocycles. The van der Waals surface area contributed by atoms with Crippen molar-refractivity contribution in [2.24, 2.45) is 11.3 Å². The Labute approximate surface area is 204 Å². The average molecular weight is 459 g/mol. The van der Waals surface area contributed by atoms with Crippen LogP contribution in [0.25, 0.3) is 11.1 Å². The summed E-state index contributed by atoms with van der Waals surface area (Å²) in [5.41, 5.74) is 6.76. The van der Waals surface area contributed by atoms with Gasteiger partial charge in [-0.05, 0) is 96.2 Å². The molecule has 3 heterocycles. The third kappa shape index (κ3) is 3.66. The molecule has 5 aliphatic rings. The Morgan fingerprint density at radius 2 is 1.76 bits per heavy atom. The van der Waals surface area contributed by atoms with Crippen LogP contribution in [-0.2, 0) is 11.8 Å². The normalized spacial score (nSPS) is 29.0. The van der Waals surface area contributed by atoms with Gasteiger partial charge < -0.3 is 10.0 Å². The summed E-state index contributed by atoms with van der Waals surface area (Å²) in [6, 6.07) is 15.9. The SMILES string of the molecule is CC(C)(C)c1cccc(-c2ccc3c(c2)CCC2(CC2)C3N(C(=O)O)[C@@H]2CN3CCC2CC3)c1. The van der Waals surface area contributed by atoms with Crippen LogP contribution in [0.1, 0.15) is 75.6 Å². The van der Waals surface area contributed by atoms with E-state index in [0.717, 1.165) is 58.2 Å². The van der Waals surface area contributed by atoms with Crippen LogP contribution in [0.3, 0.4) is 0 Å². The fraction of sp³-hybridized carbons (Fsp3) is 0.567. The van der Waals surface area contributed by atoms with Gasteiger partial charge in [0, 0.05) is 6.54 Å². The van der Waals surface area contributed by atoms with E-state index in [1.807, 2.05) is 4.90 Å². The summed E-state index contributed by atoms with van der Waals surface area (Å²) in [6.45, 7) is 9.96. The Balaban J connectivity index is 1.39. The van der Waals surface area contributed by atoms with E-state index in [4.69, 9.17) is 0 Å². The number of hydrogen-bond donors (Lipinski definition) is 1. The minimum absolute atomic E-state index is 0.00857. The zero-order valence-corrected chi connectivity index (χ0v) is 20.9. The third-order valence-corrected chi connectivity index (χ3v) is 9.34. The van der Waals surface area contributed by atoms with Crippen LogP contribution < -0.4 is 0 Å². The molecule has 1 unspecified atom stereocenters. The zero-order valence-electron chi connectivity index (χ0n) is 20.9. The van der Waals surface area contributed by atoms with Crippen molar-refractivity contribution in [3.05, 3.63) is 59.2 Å². The number of nitrogens with zero attached hydrogens (tertiary/aromatic N) is 2. The molecule has 180 valence electrons. The highest BCUT2D eigenvalue weighted by atomic mass is 16.4. The lowest BCUT2D eigenvalue weighted by molar-refractivity contribution is -0.0243. The van der Waals surface area contributed by atoms with Crippen molar-refractivity contribution in [3.8, 4) is 11.1 Å². The third-order valence-electron chi connectivity index (χ3n) is 9.34. The van der Waals surface area contributed by atoms with Gasteiger partial charge >= 0.3 is 6.09 Å². The van der Waals surface area contributed by atoms with Crippen molar-refractivity contribution < 1.29 is 9.90 Å². The average Bonchev–Trinajstić information content (AvgIpc) is 3.61. The van der Waals surface area contributed by atoms with Gasteiger partial charge in [0.15, 0.2) is 0 Å². The highest BCUT2D eigenvalue weighted by molar-refractivity contribution is 5.69. The van der Waals surface area contributed by atoms with E-state index >= 15 is 0 Å². The van der Waals surface area contributed by atoms with Gasteiger partial charge in [-0.25, -0.2) is 4.79 Å². The first-order valence-corrected chi connectivity index (χ1v) is 13.2. The molecule has 3 aliphatic heterocycles. The smallest absolute Gasteiger partial charge is 0.408 e. The van der Waals surface area contributed by atoms with E-state index in [-0.39, 0.29) is 22.9 Å². The number of fused-ring (bicyclic) bond motifs is 4. The minimum atomic E-state index is -0.718. The van der Waals surface area contributed by atoms with Gasteiger partial charge in [-0.15, -0.1) is 0 Å². The largest absolute Gasteiger partial charge is 0.465 e. The van der Waals surface area contributed by atoms with Crippen LogP contribution in [0.5, 0.6) is 0 Å². The predicted octanol–water partition coefficient (Wildman–Crippen LogP) is 6.49. The van der Waals surface area contributed by atoms with Crippen LogP contribution in [0, 0.1) is 11.3 Å². The van der Waals surface area contributed by atoms with E-state index in [9.17, 15) is 9.90 Å². The summed E-state index contributed by atoms with van der Waals surface area (Å²) < 4.78 is 0. The maximum absolute atomic E-state index is 12.8. The molecule has 2 aromatic rings. The first-order valence-electron chi connectivity index (χ1n) is 13.2. The number of hydrogen-bond acceptors (Lipinski definition) is 2. The molecule has 4 fully saturated rings. The van der Waals surface area contributed by atoms with E-state index in [1.165, 1.54) is 27.8 Å². The molecule has 2 atom stereocenters. The molecule has 1 spiro atoms. The summed E-state index contributed by atoms with van der Waals surface area (Å²) in [5, 5.41) is 10.5. The molecular formula is C30H38N2O2. The van der Waals surface area contributed by atoms with Crippen LogP contribution in [-0.4, -0.2) is 46.7 Å². The second kappa shape index (κ2) is 7.84. The van der Waals surface area contributed by atoms with E-state index in [0.29, 0.717) is 5.92 Å². The molecular weight excluding hydrogens is 420 g/mol. The Morgan fingerprint density at radius 1 is 1.03 bits per heavy atom. The van der Waals surface area contributed by atoms with Gasteiger partial charge in [0.2, 0.25) is 0 Å². The van der Waals surface area contributed by atoms with Gasteiger partial charge in [0.25, 0.3) is 0 Å². The van der Waals surface area contributed by atoms with Crippen LogP contribution in [0.15, 0.2) is 42.5 Å². The zero-order chi connectivity index (χ0) is 23.7. The first kappa shape index (κ1) is 22.2. The molecule has 1 amide bonds. The quantitative estimate of drug-likeness (QED) is 0.571. The minimum Gasteiger partial charge on any atom is -0.465 e. The monoisotopic (exact) mass is 458 g/mol. The summed E-state index contributed by atoms with van der Waals surface area (Å²) in [5.74, 6) is 0.515. The molecule has 2 bridgehead atoms. The topological polar surface area (TPSA) is 43.8 Å². The van der Waals surface area contributed by atoms with Gasteiger partial charge in [-0.3, -0.25) is 4.90 Å². The molecule has 4 nitrogen and oxygen atoms in total. The van der Waals surface area contributed by atoms with Crippen LogP contribution in [0.2, 0.25) is 0 Å². The lowest BCUT2D eigenvalue weighted by atomic mass is 9.73. The van der Waals surface area contributed by atoms with Crippen molar-refractivity contribution in [1.82, 2.24) is 9.80 Å². The summed E-state index contributed by atoms with van der Waals surface area (Å²) in [4.78, 5) is 17.2. The number of carboxylic acid groups (broad SMARTS) is 1. The number of amides is 1. The second-order valence-corrected chi connectivity index (χ2v) is 12.4. The van der Waals surface area contributed by atoms with E-state index < -0.39 is 6.09 Å². The molecule has 0 radical (unpaired) electrons. The molecule has 4 heteroatoms. The molecule has 7 rings (SSSR count). The predicted molar refractivity (Wildman–Crippen MR) is 136 cm³/mol. The molecule has 2 aromatic carbocycles. The molecule has 0 aromatic heterocycles. The number of benzene rings is 2. The van der Waals surface area contributed by atoms with Gasteiger partial charge in [0.05, 0.1) is 12.1 Å². The van der Waals surface area contributed by atoms with Crippen molar-refractivity contribution in [2.45, 2.75) is 76.8 Å². The molecule has 1 N–H and O–H groups in total. The summed E-state index contributed by atoms with van der Waals surface area (Å²) in [7, 11) is 0. The summed E-state index contributed by atoms with van der Waals surface area (Å²) in [6.07, 6.45) is 6.07. The van der Waals surface area contributed by atoms with E-state index in [2.05, 4.69) is 68.1 Å². The Morgan fingerprint density at radius 3 is 2.38 bits per heavy atom. The van der Waals surface area contributed by atoms with Gasteiger partial charge in [-0.2, -0.15) is 0 Å². The molecule has 1 saturated carbocycles. The number of carbonyl (C=O) groups is 1. The fourth-order valence-electron chi connectivity index (χ4n) is 7.11. The highest BCUT2D eigenvalue weighted by Crippen LogP contribution is 2.63. The molecule has 2 aliphatic carbocycles. The number of rotatable bonds is 3. The Hall–Kier alpha value is -2.33. The molecule has 34 heavy (non-hydrogen) atoms. The van der Waals surface area contributed by atoms with Crippen molar-refractivity contribution in [3.63, 3.8) is 0 Å². The lowest BCUT2D eigenvalue weighted by Gasteiger charge is -2.52. The van der Waals surface area contributed by atoms with Gasteiger partial charge in [0.1, 0.15) is 0 Å². The van der Waals surface area contributed by atoms with Crippen molar-refractivity contribution in [1.29, 1.82) is 0 Å². The number of aryl methyl sites for hydroxylation is 1. The summed E-state index contributed by atoms with van der Waals surface area (Å²) >= 11 is 0. The maximum Gasteiger partial charge on any atom is 0.408 e. The number of piperidine rings is 3. The van der Waals surface area contributed by atoms with Crippen LogP contribution >= 0.6 is 0 Å². The second-order valence-electron chi connectivity index (χ2n) is 12.4. The van der Waals surface area contributed by atoms with Gasteiger partial charge in [-0.1, -0.05) is 63.2 Å². The highest BCUT2D eigenvalue weighted by Gasteiger charge is 2.57. The first-order chi connectivity index (χ1) is 16.2. The Kier molecular flexibility index (Phi) is 5.11. The lowest BCUT2D eigenvalue weighted by Crippen LogP contribution is -2.60.